The number of nitrogens with two attached hydrogens (primary N) is 1. The molecule has 1 saturated carbocycles. The molecule has 1 aliphatic heterocycles. The van der Waals surface area contributed by atoms with Gasteiger partial charge in [-0.15, -0.1) is 0 Å². The van der Waals surface area contributed by atoms with Crippen molar-refractivity contribution in [3.63, 3.8) is 0 Å². The van der Waals surface area contributed by atoms with E-state index in [9.17, 15) is 9.59 Å². The van der Waals surface area contributed by atoms with E-state index in [-0.39, 0.29) is 23.7 Å². The Kier molecular flexibility index (Phi) is 3.05. The summed E-state index contributed by atoms with van der Waals surface area (Å²) >= 11 is 0. The number of hydrogen-bond acceptors (Lipinski definition) is 3. The van der Waals surface area contributed by atoms with Crippen molar-refractivity contribution in [3.8, 4) is 0 Å². The first-order chi connectivity index (χ1) is 7.25. The van der Waals surface area contributed by atoms with Crippen LogP contribution in [-0.2, 0) is 9.59 Å². The summed E-state index contributed by atoms with van der Waals surface area (Å²) in [5.41, 5.74) is 5.39. The Morgan fingerprint density at radius 2 is 1.67 bits per heavy atom. The molecule has 0 aromatic heterocycles. The average Bonchev–Trinajstić information content (AvgIpc) is 2.51. The molecule has 1 aliphatic carbocycles. The summed E-state index contributed by atoms with van der Waals surface area (Å²) in [4.78, 5) is 25.3. The van der Waals surface area contributed by atoms with Gasteiger partial charge in [0.05, 0.1) is 11.8 Å². The molecule has 1 saturated heterocycles. The van der Waals surface area contributed by atoms with Crippen LogP contribution in [0.4, 0.5) is 0 Å². The summed E-state index contributed by atoms with van der Waals surface area (Å²) in [6, 6.07) is 0. The van der Waals surface area contributed by atoms with Gasteiger partial charge in [0.2, 0.25) is 11.8 Å². The Morgan fingerprint density at radius 3 is 2.13 bits per heavy atom. The van der Waals surface area contributed by atoms with Crippen molar-refractivity contribution in [1.29, 1.82) is 0 Å². The minimum Gasteiger partial charge on any atom is -0.330 e. The molecule has 2 atom stereocenters. The predicted molar refractivity (Wildman–Crippen MR) is 55.8 cm³/mol. The van der Waals surface area contributed by atoms with Crippen molar-refractivity contribution < 1.29 is 9.59 Å². The molecule has 0 spiro atoms. The average molecular weight is 210 g/mol. The summed E-state index contributed by atoms with van der Waals surface area (Å²) in [6.07, 6.45) is 4.69. The Hall–Kier alpha value is -0.900. The second-order valence-corrected chi connectivity index (χ2v) is 4.47. The van der Waals surface area contributed by atoms with E-state index in [1.165, 1.54) is 4.90 Å². The fourth-order valence-electron chi connectivity index (χ4n) is 2.70. The van der Waals surface area contributed by atoms with Gasteiger partial charge in [-0.25, -0.2) is 0 Å². The summed E-state index contributed by atoms with van der Waals surface area (Å²) < 4.78 is 0. The van der Waals surface area contributed by atoms with Crippen LogP contribution in [0.1, 0.15) is 32.1 Å². The number of amides is 2. The summed E-state index contributed by atoms with van der Waals surface area (Å²) in [5, 5.41) is 0. The van der Waals surface area contributed by atoms with Crippen LogP contribution in [0.15, 0.2) is 0 Å². The van der Waals surface area contributed by atoms with Crippen LogP contribution in [0.5, 0.6) is 0 Å². The molecule has 0 aromatic rings. The topological polar surface area (TPSA) is 63.4 Å². The van der Waals surface area contributed by atoms with E-state index in [1.54, 1.807) is 0 Å². The molecule has 15 heavy (non-hydrogen) atoms. The van der Waals surface area contributed by atoms with Crippen LogP contribution in [0.3, 0.4) is 0 Å². The molecule has 4 heteroatoms. The number of likely N-dealkylation sites (tertiary alicyclic amines) is 1. The predicted octanol–water partition coefficient (Wildman–Crippen LogP) is 0.510. The SMILES string of the molecule is NCCCN1C(=O)C2CCCCC2C1=O. The maximum Gasteiger partial charge on any atom is 0.233 e. The second kappa shape index (κ2) is 4.31. The zero-order valence-electron chi connectivity index (χ0n) is 8.95. The molecule has 0 radical (unpaired) electrons. The van der Waals surface area contributed by atoms with Gasteiger partial charge in [-0.3, -0.25) is 14.5 Å². The summed E-state index contributed by atoms with van der Waals surface area (Å²) in [5.74, 6) is 0.0874. The Bertz CT molecular complexity index is 254. The fraction of sp³-hybridized carbons (Fsp3) is 0.818. The molecule has 2 rings (SSSR count). The first kappa shape index (κ1) is 10.6. The third-order valence-electron chi connectivity index (χ3n) is 3.52. The van der Waals surface area contributed by atoms with Crippen LogP contribution >= 0.6 is 0 Å². The molecule has 0 bridgehead atoms. The van der Waals surface area contributed by atoms with Crippen LogP contribution in [0, 0.1) is 11.8 Å². The number of nitrogens with zero attached hydrogens (tertiary/aromatic N) is 1. The minimum atomic E-state index is -0.0102. The van der Waals surface area contributed by atoms with E-state index >= 15 is 0 Å². The van der Waals surface area contributed by atoms with E-state index in [0.717, 1.165) is 32.1 Å². The van der Waals surface area contributed by atoms with E-state index in [0.29, 0.717) is 13.1 Å². The molecular weight excluding hydrogens is 192 g/mol. The molecule has 84 valence electrons. The first-order valence-corrected chi connectivity index (χ1v) is 5.81. The van der Waals surface area contributed by atoms with Crippen molar-refractivity contribution in [2.75, 3.05) is 13.1 Å². The molecule has 1 heterocycles. The lowest BCUT2D eigenvalue weighted by molar-refractivity contribution is -0.139. The largest absolute Gasteiger partial charge is 0.330 e. The van der Waals surface area contributed by atoms with E-state index in [4.69, 9.17) is 5.73 Å². The van der Waals surface area contributed by atoms with E-state index in [2.05, 4.69) is 0 Å². The lowest BCUT2D eigenvalue weighted by atomic mass is 9.81. The third kappa shape index (κ3) is 1.78. The quantitative estimate of drug-likeness (QED) is 0.690. The monoisotopic (exact) mass is 210 g/mol. The number of carbonyl (C=O) groups is 2. The van der Waals surface area contributed by atoms with Crippen molar-refractivity contribution in [3.05, 3.63) is 0 Å². The van der Waals surface area contributed by atoms with Gasteiger partial charge < -0.3 is 5.73 Å². The van der Waals surface area contributed by atoms with E-state index < -0.39 is 0 Å². The smallest absolute Gasteiger partial charge is 0.233 e. The molecule has 2 fully saturated rings. The van der Waals surface area contributed by atoms with Gasteiger partial charge in [0.25, 0.3) is 0 Å². The van der Waals surface area contributed by atoms with Crippen LogP contribution in [0.25, 0.3) is 0 Å². The molecular formula is C11H18N2O2. The number of carbonyl (C=O) groups excluding carboxylic acids is 2. The third-order valence-corrected chi connectivity index (χ3v) is 3.52. The van der Waals surface area contributed by atoms with Gasteiger partial charge >= 0.3 is 0 Å². The number of rotatable bonds is 3. The maximum atomic E-state index is 11.9. The van der Waals surface area contributed by atoms with Gasteiger partial charge in [0.1, 0.15) is 0 Å². The number of imide groups is 1. The Labute approximate surface area is 89.8 Å². The van der Waals surface area contributed by atoms with E-state index in [1.807, 2.05) is 0 Å². The molecule has 2 aliphatic rings. The standard InChI is InChI=1S/C11H18N2O2/c12-6-3-7-13-10(14)8-4-1-2-5-9(8)11(13)15/h8-9H,1-7,12H2. The normalized spacial score (nSPS) is 30.9. The zero-order valence-corrected chi connectivity index (χ0v) is 8.95. The summed E-state index contributed by atoms with van der Waals surface area (Å²) in [7, 11) is 0. The fourth-order valence-corrected chi connectivity index (χ4v) is 2.70. The lowest BCUT2D eigenvalue weighted by Crippen LogP contribution is -2.33. The van der Waals surface area contributed by atoms with Crippen LogP contribution in [0.2, 0.25) is 0 Å². The second-order valence-electron chi connectivity index (χ2n) is 4.47. The van der Waals surface area contributed by atoms with Gasteiger partial charge in [-0.05, 0) is 25.8 Å². The highest BCUT2D eigenvalue weighted by Gasteiger charge is 2.47. The van der Waals surface area contributed by atoms with Gasteiger partial charge in [0, 0.05) is 6.54 Å². The van der Waals surface area contributed by atoms with Gasteiger partial charge in [0.15, 0.2) is 0 Å². The molecule has 2 N–H and O–H groups in total. The minimum absolute atomic E-state index is 0.0102. The lowest BCUT2D eigenvalue weighted by Gasteiger charge is -2.19. The zero-order chi connectivity index (χ0) is 10.8. The highest BCUT2D eigenvalue weighted by molar-refractivity contribution is 6.05. The highest BCUT2D eigenvalue weighted by Crippen LogP contribution is 2.37. The summed E-state index contributed by atoms with van der Waals surface area (Å²) in [6.45, 7) is 1.05. The molecule has 2 amide bonds. The van der Waals surface area contributed by atoms with Crippen LogP contribution < -0.4 is 5.73 Å². The number of hydrogen-bond donors (Lipinski definition) is 1. The molecule has 2 unspecified atom stereocenters. The molecule has 4 nitrogen and oxygen atoms in total. The van der Waals surface area contributed by atoms with Gasteiger partial charge in [-0.1, -0.05) is 12.8 Å². The van der Waals surface area contributed by atoms with Crippen molar-refractivity contribution >= 4 is 11.8 Å². The van der Waals surface area contributed by atoms with Gasteiger partial charge in [-0.2, -0.15) is 0 Å². The van der Waals surface area contributed by atoms with Crippen molar-refractivity contribution in [1.82, 2.24) is 4.90 Å². The Morgan fingerprint density at radius 1 is 1.13 bits per heavy atom. The first-order valence-electron chi connectivity index (χ1n) is 5.81. The van der Waals surface area contributed by atoms with Crippen molar-refractivity contribution in [2.24, 2.45) is 17.6 Å². The highest BCUT2D eigenvalue weighted by atomic mass is 16.2. The van der Waals surface area contributed by atoms with Crippen molar-refractivity contribution in [2.45, 2.75) is 32.1 Å². The number of fused-ring (bicyclic) bond motifs is 1. The Balaban J connectivity index is 2.07. The maximum absolute atomic E-state index is 11.9. The molecule has 0 aromatic carbocycles. The van der Waals surface area contributed by atoms with Crippen LogP contribution in [-0.4, -0.2) is 29.8 Å².